The van der Waals surface area contributed by atoms with Crippen LogP contribution in [0.2, 0.25) is 0 Å². The number of benzene rings is 1. The van der Waals surface area contributed by atoms with E-state index in [4.69, 9.17) is 10.2 Å². The summed E-state index contributed by atoms with van der Waals surface area (Å²) in [5.41, 5.74) is 1.14. The van der Waals surface area contributed by atoms with Crippen LogP contribution in [0.1, 0.15) is 16.7 Å². The summed E-state index contributed by atoms with van der Waals surface area (Å²) >= 11 is 0. The van der Waals surface area contributed by atoms with E-state index in [9.17, 15) is 10.1 Å². The maximum absolute atomic E-state index is 10.6. The van der Waals surface area contributed by atoms with E-state index in [2.05, 4.69) is 0 Å². The molecule has 0 aliphatic heterocycles. The van der Waals surface area contributed by atoms with Crippen LogP contribution >= 0.6 is 0 Å². The van der Waals surface area contributed by atoms with Gasteiger partial charge in [-0.1, -0.05) is 6.07 Å². The summed E-state index contributed by atoms with van der Waals surface area (Å²) in [6, 6.07) is 3.00. The summed E-state index contributed by atoms with van der Waals surface area (Å²) in [7, 11) is 0. The molecule has 0 heterocycles. The third kappa shape index (κ3) is 1.89. The average molecular weight is 197 g/mol. The summed E-state index contributed by atoms with van der Waals surface area (Å²) in [6.45, 7) is 0.957. The number of nitrogens with zero attached hydrogens (tertiary/aromatic N) is 1. The Hall–Kier alpha value is -1.46. The average Bonchev–Trinajstić information content (AvgIpc) is 2.16. The summed E-state index contributed by atoms with van der Waals surface area (Å²) in [5, 5.41) is 28.5. The first-order valence-electron chi connectivity index (χ1n) is 4.08. The van der Waals surface area contributed by atoms with Gasteiger partial charge in [-0.05, 0) is 18.1 Å². The molecular weight excluding hydrogens is 186 g/mol. The number of rotatable bonds is 3. The van der Waals surface area contributed by atoms with E-state index in [1.807, 2.05) is 0 Å². The molecule has 76 valence electrons. The van der Waals surface area contributed by atoms with E-state index >= 15 is 0 Å². The van der Waals surface area contributed by atoms with Crippen molar-refractivity contribution in [1.29, 1.82) is 0 Å². The normalized spacial score (nSPS) is 10.2. The fourth-order valence-electron chi connectivity index (χ4n) is 1.36. The predicted molar refractivity (Wildman–Crippen MR) is 49.7 cm³/mol. The minimum atomic E-state index is -0.558. The zero-order valence-electron chi connectivity index (χ0n) is 7.73. The van der Waals surface area contributed by atoms with Gasteiger partial charge in [0.05, 0.1) is 23.7 Å². The quantitative estimate of drug-likeness (QED) is 0.556. The van der Waals surface area contributed by atoms with Crippen LogP contribution in [0.25, 0.3) is 0 Å². The van der Waals surface area contributed by atoms with Crippen LogP contribution in [0, 0.1) is 17.0 Å². The smallest absolute Gasteiger partial charge is 0.275 e. The molecule has 0 aromatic heterocycles. The van der Waals surface area contributed by atoms with Crippen LogP contribution in [0.4, 0.5) is 5.69 Å². The fourth-order valence-corrected chi connectivity index (χ4v) is 1.36. The van der Waals surface area contributed by atoms with Crippen molar-refractivity contribution in [2.75, 3.05) is 0 Å². The standard InChI is InChI=1S/C9H11NO4/c1-6-2-7(4-11)8(5-12)9(3-6)10(13)14/h2-3,11-12H,4-5H2,1H3. The molecule has 2 N–H and O–H groups in total. The highest BCUT2D eigenvalue weighted by Crippen LogP contribution is 2.24. The Bertz CT molecular complexity index is 362. The number of aliphatic hydroxyl groups is 2. The molecule has 0 amide bonds. The van der Waals surface area contributed by atoms with Crippen LogP contribution in [0.5, 0.6) is 0 Å². The highest BCUT2D eigenvalue weighted by Gasteiger charge is 2.17. The maximum atomic E-state index is 10.6. The van der Waals surface area contributed by atoms with Crippen molar-refractivity contribution in [1.82, 2.24) is 0 Å². The third-order valence-electron chi connectivity index (χ3n) is 1.99. The molecule has 0 saturated carbocycles. The van der Waals surface area contributed by atoms with Crippen molar-refractivity contribution in [3.8, 4) is 0 Å². The van der Waals surface area contributed by atoms with Crippen LogP contribution < -0.4 is 0 Å². The van der Waals surface area contributed by atoms with Crippen LogP contribution in [0.3, 0.4) is 0 Å². The summed E-state index contributed by atoms with van der Waals surface area (Å²) in [4.78, 5) is 10.1. The maximum Gasteiger partial charge on any atom is 0.275 e. The minimum Gasteiger partial charge on any atom is -0.392 e. The summed E-state index contributed by atoms with van der Waals surface area (Å²) in [5.74, 6) is 0. The molecule has 0 aliphatic carbocycles. The van der Waals surface area contributed by atoms with Crippen molar-refractivity contribution in [2.45, 2.75) is 20.1 Å². The second-order valence-corrected chi connectivity index (χ2v) is 3.00. The van der Waals surface area contributed by atoms with E-state index in [0.29, 0.717) is 11.1 Å². The van der Waals surface area contributed by atoms with Crippen LogP contribution in [-0.4, -0.2) is 15.1 Å². The molecular formula is C9H11NO4. The van der Waals surface area contributed by atoms with Crippen LogP contribution in [-0.2, 0) is 13.2 Å². The Morgan fingerprint density at radius 1 is 1.36 bits per heavy atom. The molecule has 0 fully saturated rings. The number of hydrogen-bond acceptors (Lipinski definition) is 4. The number of nitro groups is 1. The molecule has 0 radical (unpaired) electrons. The molecule has 1 aromatic rings. The van der Waals surface area contributed by atoms with Gasteiger partial charge in [-0.25, -0.2) is 0 Å². The fraction of sp³-hybridized carbons (Fsp3) is 0.333. The lowest BCUT2D eigenvalue weighted by atomic mass is 10.0. The largest absolute Gasteiger partial charge is 0.392 e. The van der Waals surface area contributed by atoms with E-state index in [1.165, 1.54) is 6.07 Å². The molecule has 0 atom stereocenters. The van der Waals surface area contributed by atoms with Gasteiger partial charge in [0, 0.05) is 6.07 Å². The predicted octanol–water partition coefficient (Wildman–Crippen LogP) is 0.888. The number of aliphatic hydroxyl groups excluding tert-OH is 2. The first-order valence-corrected chi connectivity index (χ1v) is 4.08. The second-order valence-electron chi connectivity index (χ2n) is 3.00. The monoisotopic (exact) mass is 197 g/mol. The van der Waals surface area contributed by atoms with Gasteiger partial charge in [0.2, 0.25) is 0 Å². The highest BCUT2D eigenvalue weighted by molar-refractivity contribution is 5.47. The van der Waals surface area contributed by atoms with Gasteiger partial charge in [-0.3, -0.25) is 10.1 Å². The first-order chi connectivity index (χ1) is 6.60. The molecule has 5 nitrogen and oxygen atoms in total. The Balaban J connectivity index is 3.39. The molecule has 0 bridgehead atoms. The first kappa shape index (κ1) is 10.6. The lowest BCUT2D eigenvalue weighted by Gasteiger charge is -2.06. The number of aryl methyl sites for hydroxylation is 1. The zero-order chi connectivity index (χ0) is 10.7. The molecule has 1 aromatic carbocycles. The van der Waals surface area contributed by atoms with Gasteiger partial charge < -0.3 is 10.2 Å². The molecule has 0 spiro atoms. The number of hydrogen-bond donors (Lipinski definition) is 2. The Morgan fingerprint density at radius 2 is 2.00 bits per heavy atom. The van der Waals surface area contributed by atoms with Crippen molar-refractivity contribution >= 4 is 5.69 Å². The van der Waals surface area contributed by atoms with E-state index in [0.717, 1.165) is 0 Å². The Labute approximate surface area is 80.8 Å². The molecule has 14 heavy (non-hydrogen) atoms. The second kappa shape index (κ2) is 4.17. The lowest BCUT2D eigenvalue weighted by molar-refractivity contribution is -0.386. The van der Waals surface area contributed by atoms with Gasteiger partial charge in [0.1, 0.15) is 0 Å². The topological polar surface area (TPSA) is 83.6 Å². The van der Waals surface area contributed by atoms with E-state index in [-0.39, 0.29) is 17.9 Å². The Morgan fingerprint density at radius 3 is 2.43 bits per heavy atom. The van der Waals surface area contributed by atoms with Crippen molar-refractivity contribution in [2.24, 2.45) is 0 Å². The van der Waals surface area contributed by atoms with Crippen molar-refractivity contribution < 1.29 is 15.1 Å². The van der Waals surface area contributed by atoms with E-state index in [1.54, 1.807) is 13.0 Å². The lowest BCUT2D eigenvalue weighted by Crippen LogP contribution is -2.01. The molecule has 1 rings (SSSR count). The zero-order valence-corrected chi connectivity index (χ0v) is 7.73. The van der Waals surface area contributed by atoms with Gasteiger partial charge >= 0.3 is 0 Å². The SMILES string of the molecule is Cc1cc(CO)c(CO)c([N+](=O)[O-])c1. The van der Waals surface area contributed by atoms with Gasteiger partial charge in [0.25, 0.3) is 5.69 Å². The third-order valence-corrected chi connectivity index (χ3v) is 1.99. The van der Waals surface area contributed by atoms with Crippen molar-refractivity contribution in [3.63, 3.8) is 0 Å². The van der Waals surface area contributed by atoms with Gasteiger partial charge in [0.15, 0.2) is 0 Å². The summed E-state index contributed by atoms with van der Waals surface area (Å²) in [6.07, 6.45) is 0. The van der Waals surface area contributed by atoms with Crippen LogP contribution in [0.15, 0.2) is 12.1 Å². The highest BCUT2D eigenvalue weighted by atomic mass is 16.6. The van der Waals surface area contributed by atoms with Crippen molar-refractivity contribution in [3.05, 3.63) is 38.9 Å². The molecule has 5 heteroatoms. The van der Waals surface area contributed by atoms with E-state index < -0.39 is 11.5 Å². The Kier molecular flexibility index (Phi) is 3.16. The molecule has 0 aliphatic rings. The van der Waals surface area contributed by atoms with Gasteiger partial charge in [-0.15, -0.1) is 0 Å². The molecule has 0 unspecified atom stereocenters. The number of nitro benzene ring substituents is 1. The minimum absolute atomic E-state index is 0.142. The van der Waals surface area contributed by atoms with Gasteiger partial charge in [-0.2, -0.15) is 0 Å². The summed E-state index contributed by atoms with van der Waals surface area (Å²) < 4.78 is 0. The molecule has 0 saturated heterocycles.